The van der Waals surface area contributed by atoms with Gasteiger partial charge in [-0.15, -0.1) is 5.10 Å². The molecule has 2 N–H and O–H groups in total. The Bertz CT molecular complexity index is 569. The molecule has 84 valence electrons. The van der Waals surface area contributed by atoms with Crippen molar-refractivity contribution < 1.29 is 4.39 Å². The topological polar surface area (TPSA) is 83.2 Å². The monoisotopic (exact) mass is 231 g/mol. The number of amidine groups is 1. The number of aromatic nitrogens is 4. The van der Waals surface area contributed by atoms with Gasteiger partial charge < -0.3 is 4.85 Å². The zero-order valence-corrected chi connectivity index (χ0v) is 8.42. The molecule has 0 radical (unpaired) electrons. The van der Waals surface area contributed by atoms with Gasteiger partial charge in [-0.1, -0.05) is 29.9 Å². The van der Waals surface area contributed by atoms with E-state index >= 15 is 0 Å². The quantitative estimate of drug-likeness (QED) is 0.357. The molecule has 8 heteroatoms. The first-order valence-electron chi connectivity index (χ1n) is 4.51. The minimum Gasteiger partial charge on any atom is -0.358 e. The van der Waals surface area contributed by atoms with Crippen LogP contribution < -0.4 is 5.43 Å². The number of H-pyrrole nitrogens is 1. The molecule has 17 heavy (non-hydrogen) atoms. The van der Waals surface area contributed by atoms with E-state index in [2.05, 4.69) is 36.0 Å². The van der Waals surface area contributed by atoms with Gasteiger partial charge in [0, 0.05) is 5.56 Å². The van der Waals surface area contributed by atoms with Crippen LogP contribution in [-0.4, -0.2) is 26.5 Å². The number of hydrazone groups is 1. The number of aromatic amines is 1. The summed E-state index contributed by atoms with van der Waals surface area (Å²) in [6.45, 7) is 6.95. The minimum absolute atomic E-state index is 0.0995. The number of nitrogens with one attached hydrogen (secondary N) is 2. The Hall–Kier alpha value is -2.82. The van der Waals surface area contributed by atoms with Crippen molar-refractivity contribution in [2.24, 2.45) is 5.10 Å². The van der Waals surface area contributed by atoms with Gasteiger partial charge in [0.2, 0.25) is 0 Å². The average molecular weight is 231 g/mol. The molecule has 0 amide bonds. The molecule has 0 fully saturated rings. The Morgan fingerprint density at radius 1 is 1.47 bits per heavy atom. The standard InChI is InChI=1S/C9H6FN7/c1-11-8(6-4-2-3-5-7(6)10)12-13-9-14-16-17-15-9/h2-5H,(H2,13,14,15,16,17)/b12-8-. The van der Waals surface area contributed by atoms with Crippen LogP contribution in [-0.2, 0) is 0 Å². The van der Waals surface area contributed by atoms with Crippen LogP contribution in [0, 0.1) is 12.4 Å². The Labute approximate surface area is 95.2 Å². The van der Waals surface area contributed by atoms with Gasteiger partial charge in [-0.2, -0.15) is 10.6 Å². The fourth-order valence-corrected chi connectivity index (χ4v) is 1.10. The predicted octanol–water partition coefficient (Wildman–Crippen LogP) is 1.03. The Morgan fingerprint density at radius 2 is 2.29 bits per heavy atom. The van der Waals surface area contributed by atoms with Gasteiger partial charge in [0.25, 0.3) is 5.95 Å². The molecule has 2 aromatic rings. The Balaban J connectivity index is 2.26. The van der Waals surface area contributed by atoms with Gasteiger partial charge in [-0.25, -0.2) is 4.39 Å². The summed E-state index contributed by atoms with van der Waals surface area (Å²) in [5.41, 5.74) is 2.50. The number of benzene rings is 1. The first-order chi connectivity index (χ1) is 8.31. The summed E-state index contributed by atoms with van der Waals surface area (Å²) in [4.78, 5) is 3.13. The molecule has 7 nitrogen and oxygen atoms in total. The zero-order valence-electron chi connectivity index (χ0n) is 8.42. The number of hydrogen-bond donors (Lipinski definition) is 2. The van der Waals surface area contributed by atoms with E-state index in [1.54, 1.807) is 6.07 Å². The van der Waals surface area contributed by atoms with E-state index in [0.29, 0.717) is 0 Å². The van der Waals surface area contributed by atoms with Gasteiger partial charge in [-0.3, -0.25) is 0 Å². The van der Waals surface area contributed by atoms with Crippen LogP contribution in [0.5, 0.6) is 0 Å². The van der Waals surface area contributed by atoms with E-state index in [4.69, 9.17) is 6.57 Å². The lowest BCUT2D eigenvalue weighted by Gasteiger charge is -1.98. The van der Waals surface area contributed by atoms with Crippen molar-refractivity contribution in [2.45, 2.75) is 0 Å². The molecular weight excluding hydrogens is 225 g/mol. The van der Waals surface area contributed by atoms with Gasteiger partial charge in [-0.05, 0) is 16.4 Å². The third-order valence-corrected chi connectivity index (χ3v) is 1.83. The molecule has 0 aliphatic rings. The Kier molecular flexibility index (Phi) is 3.02. The van der Waals surface area contributed by atoms with Crippen LogP contribution in [0.4, 0.5) is 10.3 Å². The number of anilines is 1. The van der Waals surface area contributed by atoms with Gasteiger partial charge in [0.15, 0.2) is 0 Å². The van der Waals surface area contributed by atoms with E-state index in [1.165, 1.54) is 18.2 Å². The lowest BCUT2D eigenvalue weighted by Crippen LogP contribution is -2.03. The average Bonchev–Trinajstić information content (AvgIpc) is 2.85. The smallest absolute Gasteiger partial charge is 0.303 e. The summed E-state index contributed by atoms with van der Waals surface area (Å²) in [5, 5.41) is 16.4. The molecule has 0 bridgehead atoms. The van der Waals surface area contributed by atoms with Crippen LogP contribution in [0.1, 0.15) is 5.56 Å². The Morgan fingerprint density at radius 3 is 2.94 bits per heavy atom. The fraction of sp³-hybridized carbons (Fsp3) is 0. The van der Waals surface area contributed by atoms with Crippen LogP contribution in [0.2, 0.25) is 0 Å². The number of nitrogens with zero attached hydrogens (tertiary/aromatic N) is 5. The van der Waals surface area contributed by atoms with Gasteiger partial charge >= 0.3 is 5.84 Å². The molecule has 2 rings (SSSR count). The van der Waals surface area contributed by atoms with E-state index in [-0.39, 0.29) is 17.3 Å². The highest BCUT2D eigenvalue weighted by Gasteiger charge is 2.09. The molecule has 0 unspecified atom stereocenters. The minimum atomic E-state index is -0.517. The third kappa shape index (κ3) is 2.40. The normalized spacial score (nSPS) is 10.9. The lowest BCUT2D eigenvalue weighted by atomic mass is 10.2. The van der Waals surface area contributed by atoms with Crippen LogP contribution in [0.3, 0.4) is 0 Å². The van der Waals surface area contributed by atoms with Crippen molar-refractivity contribution in [1.29, 1.82) is 0 Å². The van der Waals surface area contributed by atoms with Crippen molar-refractivity contribution in [3.05, 3.63) is 47.1 Å². The van der Waals surface area contributed by atoms with Crippen molar-refractivity contribution in [2.75, 3.05) is 5.43 Å². The first-order valence-corrected chi connectivity index (χ1v) is 4.51. The maximum atomic E-state index is 13.4. The molecule has 0 saturated heterocycles. The molecule has 0 aliphatic heterocycles. The highest BCUT2D eigenvalue weighted by molar-refractivity contribution is 6.06. The lowest BCUT2D eigenvalue weighted by molar-refractivity contribution is 0.625. The van der Waals surface area contributed by atoms with Gasteiger partial charge in [0.05, 0.1) is 0 Å². The van der Waals surface area contributed by atoms with Gasteiger partial charge in [0.1, 0.15) is 5.82 Å². The number of hydrogen-bond acceptors (Lipinski definition) is 5. The van der Waals surface area contributed by atoms with E-state index in [0.717, 1.165) is 0 Å². The summed E-state index contributed by atoms with van der Waals surface area (Å²) >= 11 is 0. The second-order valence-corrected chi connectivity index (χ2v) is 2.87. The second-order valence-electron chi connectivity index (χ2n) is 2.87. The van der Waals surface area contributed by atoms with Crippen molar-refractivity contribution in [1.82, 2.24) is 20.6 Å². The van der Waals surface area contributed by atoms with E-state index < -0.39 is 5.82 Å². The van der Waals surface area contributed by atoms with Crippen LogP contribution in [0.15, 0.2) is 29.4 Å². The molecule has 1 aromatic heterocycles. The van der Waals surface area contributed by atoms with E-state index in [1.807, 2.05) is 0 Å². The molecule has 0 saturated carbocycles. The summed E-state index contributed by atoms with van der Waals surface area (Å²) < 4.78 is 13.4. The fourth-order valence-electron chi connectivity index (χ4n) is 1.10. The number of tetrazole rings is 1. The second kappa shape index (κ2) is 4.80. The van der Waals surface area contributed by atoms with Crippen molar-refractivity contribution in [3.8, 4) is 0 Å². The summed E-state index contributed by atoms with van der Waals surface area (Å²) in [7, 11) is 0. The third-order valence-electron chi connectivity index (χ3n) is 1.83. The largest absolute Gasteiger partial charge is 0.358 e. The predicted molar refractivity (Wildman–Crippen MR) is 57.3 cm³/mol. The maximum Gasteiger partial charge on any atom is 0.303 e. The molecule has 0 atom stereocenters. The van der Waals surface area contributed by atoms with Crippen LogP contribution >= 0.6 is 0 Å². The molecular formula is C9H6FN7. The highest BCUT2D eigenvalue weighted by atomic mass is 19.1. The van der Waals surface area contributed by atoms with Crippen molar-refractivity contribution in [3.63, 3.8) is 0 Å². The zero-order chi connectivity index (χ0) is 12.1. The van der Waals surface area contributed by atoms with E-state index in [9.17, 15) is 4.39 Å². The molecule has 1 heterocycles. The SMILES string of the molecule is [C-]#[N+]/C(=N\Nc1nn[nH]n1)c1ccccc1F. The first kappa shape index (κ1) is 10.7. The highest BCUT2D eigenvalue weighted by Crippen LogP contribution is 2.09. The maximum absolute atomic E-state index is 13.4. The van der Waals surface area contributed by atoms with Crippen LogP contribution in [0.25, 0.3) is 4.85 Å². The molecule has 0 spiro atoms. The summed E-state index contributed by atoms with van der Waals surface area (Å²) in [6.07, 6.45) is 0. The van der Waals surface area contributed by atoms with Crippen molar-refractivity contribution >= 4 is 11.8 Å². The molecule has 1 aromatic carbocycles. The summed E-state index contributed by atoms with van der Waals surface area (Å²) in [6, 6.07) is 5.87. The number of rotatable bonds is 3. The summed E-state index contributed by atoms with van der Waals surface area (Å²) in [5.74, 6) is -0.535. The number of halogens is 1. The molecule has 0 aliphatic carbocycles.